The molecule has 1 heterocycles. The number of ether oxygens (including phenoxy) is 2. The quantitative estimate of drug-likeness (QED) is 0.393. The molecule has 0 aliphatic heterocycles. The zero-order valence-electron chi connectivity index (χ0n) is 17.8. The molecule has 2 rings (SSSR count). The van der Waals surface area contributed by atoms with Crippen LogP contribution in [0.1, 0.15) is 58.9 Å². The van der Waals surface area contributed by atoms with Gasteiger partial charge in [0, 0.05) is 6.08 Å². The predicted molar refractivity (Wildman–Crippen MR) is 124 cm³/mol. The van der Waals surface area contributed by atoms with Gasteiger partial charge in [-0.25, -0.2) is 9.59 Å². The molecule has 0 saturated carbocycles. The summed E-state index contributed by atoms with van der Waals surface area (Å²) in [5.74, 6) is -1.70. The van der Waals surface area contributed by atoms with E-state index in [1.54, 1.807) is 58.9 Å². The topological polar surface area (TPSA) is 81.7 Å². The molecule has 0 fully saturated rings. The van der Waals surface area contributed by atoms with E-state index in [-0.39, 0.29) is 22.0 Å². The van der Waals surface area contributed by atoms with Crippen LogP contribution in [0.3, 0.4) is 0 Å². The molecule has 166 valence electrons. The van der Waals surface area contributed by atoms with Gasteiger partial charge in [-0.05, 0) is 64.0 Å². The molecule has 9 heteroatoms. The largest absolute Gasteiger partial charge is 0.462 e. The van der Waals surface area contributed by atoms with E-state index in [1.807, 2.05) is 0 Å². The standard InChI is InChI=1S/C22H23Cl2NO5S/c1-6-29-20(27)17-12(2)18(21(28)30-22(3,4)5)31-19(17)25-16(26)10-8-13-7-9-14(23)15(24)11-13/h7-11H,6H2,1-5H3,(H,25,26)/b10-8+. The molecule has 0 aliphatic rings. The third kappa shape index (κ3) is 6.82. The number of hydrogen-bond donors (Lipinski definition) is 1. The van der Waals surface area contributed by atoms with Crippen LogP contribution < -0.4 is 5.32 Å². The van der Waals surface area contributed by atoms with Crippen molar-refractivity contribution >= 4 is 63.5 Å². The second kappa shape index (κ2) is 10.3. The predicted octanol–water partition coefficient (Wildman–Crippen LogP) is 6.15. The van der Waals surface area contributed by atoms with Crippen molar-refractivity contribution in [3.63, 3.8) is 0 Å². The van der Waals surface area contributed by atoms with Gasteiger partial charge in [-0.1, -0.05) is 29.3 Å². The highest BCUT2D eigenvalue weighted by molar-refractivity contribution is 7.18. The van der Waals surface area contributed by atoms with Crippen LogP contribution >= 0.6 is 34.5 Å². The molecule has 0 atom stereocenters. The third-order valence-corrected chi connectivity index (χ3v) is 5.74. The summed E-state index contributed by atoms with van der Waals surface area (Å²) in [5.41, 5.74) is 0.487. The van der Waals surface area contributed by atoms with E-state index in [0.717, 1.165) is 11.3 Å². The molecule has 2 aromatic rings. The van der Waals surface area contributed by atoms with E-state index in [1.165, 1.54) is 6.08 Å². The Balaban J connectivity index is 2.32. The van der Waals surface area contributed by atoms with E-state index in [9.17, 15) is 14.4 Å². The molecule has 1 amide bonds. The minimum atomic E-state index is -0.705. The molecular weight excluding hydrogens is 461 g/mol. The van der Waals surface area contributed by atoms with Gasteiger partial charge in [0.1, 0.15) is 15.5 Å². The lowest BCUT2D eigenvalue weighted by molar-refractivity contribution is -0.111. The van der Waals surface area contributed by atoms with E-state index >= 15 is 0 Å². The van der Waals surface area contributed by atoms with E-state index in [4.69, 9.17) is 32.7 Å². The maximum absolute atomic E-state index is 12.6. The Morgan fingerprint density at radius 3 is 2.39 bits per heavy atom. The number of halogens is 2. The first kappa shape index (κ1) is 24.9. The number of anilines is 1. The van der Waals surface area contributed by atoms with Crippen LogP contribution in [0.5, 0.6) is 0 Å². The monoisotopic (exact) mass is 483 g/mol. The van der Waals surface area contributed by atoms with Crippen molar-refractivity contribution in [2.24, 2.45) is 0 Å². The van der Waals surface area contributed by atoms with Gasteiger partial charge in [-0.2, -0.15) is 0 Å². The van der Waals surface area contributed by atoms with Crippen molar-refractivity contribution in [3.05, 3.63) is 55.9 Å². The summed E-state index contributed by atoms with van der Waals surface area (Å²) in [6, 6.07) is 4.95. The number of nitrogens with one attached hydrogen (secondary N) is 1. The average molecular weight is 484 g/mol. The van der Waals surface area contributed by atoms with Gasteiger partial charge in [-0.15, -0.1) is 11.3 Å². The Morgan fingerprint density at radius 1 is 1.13 bits per heavy atom. The highest BCUT2D eigenvalue weighted by atomic mass is 35.5. The Bertz CT molecular complexity index is 1040. The summed E-state index contributed by atoms with van der Waals surface area (Å²) in [7, 11) is 0. The minimum Gasteiger partial charge on any atom is -0.462 e. The fourth-order valence-corrected chi connectivity index (χ4v) is 3.89. The molecule has 0 saturated heterocycles. The highest BCUT2D eigenvalue weighted by Gasteiger charge is 2.29. The summed E-state index contributed by atoms with van der Waals surface area (Å²) < 4.78 is 10.5. The maximum atomic E-state index is 12.6. The number of esters is 2. The lowest BCUT2D eigenvalue weighted by Gasteiger charge is -2.19. The van der Waals surface area contributed by atoms with Crippen LogP contribution in [0.4, 0.5) is 5.00 Å². The van der Waals surface area contributed by atoms with Crippen LogP contribution in [0.25, 0.3) is 6.08 Å². The molecule has 6 nitrogen and oxygen atoms in total. The molecular formula is C22H23Cl2NO5S. The van der Waals surface area contributed by atoms with Gasteiger partial charge < -0.3 is 14.8 Å². The Kier molecular flexibility index (Phi) is 8.28. The van der Waals surface area contributed by atoms with Crippen molar-refractivity contribution in [1.29, 1.82) is 0 Å². The molecule has 31 heavy (non-hydrogen) atoms. The van der Waals surface area contributed by atoms with Gasteiger partial charge in [0.2, 0.25) is 5.91 Å². The first-order valence-corrected chi connectivity index (χ1v) is 11.0. The van der Waals surface area contributed by atoms with E-state index in [2.05, 4.69) is 5.32 Å². The Hall–Kier alpha value is -2.35. The summed E-state index contributed by atoms with van der Waals surface area (Å²) >= 11 is 12.8. The first-order chi connectivity index (χ1) is 14.4. The van der Waals surface area contributed by atoms with Crippen molar-refractivity contribution < 1.29 is 23.9 Å². The number of rotatable bonds is 6. The molecule has 0 aliphatic carbocycles. The lowest BCUT2D eigenvalue weighted by Crippen LogP contribution is -2.23. The van der Waals surface area contributed by atoms with Crippen LogP contribution in [0.15, 0.2) is 24.3 Å². The van der Waals surface area contributed by atoms with Crippen LogP contribution in [0.2, 0.25) is 10.0 Å². The van der Waals surface area contributed by atoms with Gasteiger partial charge in [-0.3, -0.25) is 4.79 Å². The molecule has 1 N–H and O–H groups in total. The van der Waals surface area contributed by atoms with Crippen LogP contribution in [-0.2, 0) is 14.3 Å². The number of benzene rings is 1. The summed E-state index contributed by atoms with van der Waals surface area (Å²) in [6.07, 6.45) is 2.84. The normalized spacial score (nSPS) is 11.5. The zero-order chi connectivity index (χ0) is 23.3. The van der Waals surface area contributed by atoms with Crippen molar-refractivity contribution in [1.82, 2.24) is 0 Å². The molecule has 0 bridgehead atoms. The second-order valence-electron chi connectivity index (χ2n) is 7.48. The number of carbonyl (C=O) groups excluding carboxylic acids is 3. The van der Waals surface area contributed by atoms with Crippen LogP contribution in [-0.4, -0.2) is 30.1 Å². The van der Waals surface area contributed by atoms with E-state index < -0.39 is 23.4 Å². The number of thiophene rings is 1. The smallest absolute Gasteiger partial charge is 0.349 e. The fraction of sp³-hybridized carbons (Fsp3) is 0.318. The van der Waals surface area contributed by atoms with Crippen molar-refractivity contribution in [3.8, 4) is 0 Å². The SMILES string of the molecule is CCOC(=O)c1c(NC(=O)/C=C/c2ccc(Cl)c(Cl)c2)sc(C(=O)OC(C)(C)C)c1C. The number of amides is 1. The van der Waals surface area contributed by atoms with E-state index in [0.29, 0.717) is 21.2 Å². The summed E-state index contributed by atoms with van der Waals surface area (Å²) in [6.45, 7) is 8.68. The highest BCUT2D eigenvalue weighted by Crippen LogP contribution is 2.35. The lowest BCUT2D eigenvalue weighted by atomic mass is 10.1. The summed E-state index contributed by atoms with van der Waals surface area (Å²) in [5, 5.41) is 3.63. The molecule has 1 aromatic carbocycles. The third-order valence-electron chi connectivity index (χ3n) is 3.82. The molecule has 0 radical (unpaired) electrons. The first-order valence-electron chi connectivity index (χ1n) is 9.41. The maximum Gasteiger partial charge on any atom is 0.349 e. The average Bonchev–Trinajstić information content (AvgIpc) is 2.97. The van der Waals surface area contributed by atoms with Gasteiger partial charge >= 0.3 is 11.9 Å². The molecule has 0 unspecified atom stereocenters. The van der Waals surface area contributed by atoms with Gasteiger partial charge in [0.05, 0.1) is 22.2 Å². The summed E-state index contributed by atoms with van der Waals surface area (Å²) in [4.78, 5) is 37.7. The van der Waals surface area contributed by atoms with Crippen molar-refractivity contribution in [2.75, 3.05) is 11.9 Å². The van der Waals surface area contributed by atoms with Gasteiger partial charge in [0.15, 0.2) is 0 Å². The Morgan fingerprint density at radius 2 is 1.81 bits per heavy atom. The minimum absolute atomic E-state index is 0.129. The zero-order valence-corrected chi connectivity index (χ0v) is 20.1. The van der Waals surface area contributed by atoms with Crippen molar-refractivity contribution in [2.45, 2.75) is 40.2 Å². The molecule has 0 spiro atoms. The molecule has 1 aromatic heterocycles. The second-order valence-corrected chi connectivity index (χ2v) is 9.31. The van der Waals surface area contributed by atoms with Gasteiger partial charge in [0.25, 0.3) is 0 Å². The fourth-order valence-electron chi connectivity index (χ4n) is 2.51. The Labute approximate surface area is 195 Å². The number of hydrogen-bond acceptors (Lipinski definition) is 6. The van der Waals surface area contributed by atoms with Crippen LogP contribution in [0, 0.1) is 6.92 Å². The number of carbonyl (C=O) groups is 3.